The number of furan rings is 2. The van der Waals surface area contributed by atoms with E-state index >= 15 is 0 Å². The summed E-state index contributed by atoms with van der Waals surface area (Å²) in [7, 11) is 0. The van der Waals surface area contributed by atoms with Crippen molar-refractivity contribution in [1.82, 2.24) is 0 Å². The van der Waals surface area contributed by atoms with Crippen molar-refractivity contribution in [3.05, 3.63) is 237 Å². The van der Waals surface area contributed by atoms with Crippen molar-refractivity contribution in [2.45, 2.75) is 0 Å². The molecule has 0 fully saturated rings. The highest BCUT2D eigenvalue weighted by Crippen LogP contribution is 2.50. The van der Waals surface area contributed by atoms with Gasteiger partial charge in [0.2, 0.25) is 0 Å². The number of hydrogen-bond acceptors (Lipinski definition) is 3. The second-order valence-electron chi connectivity index (χ2n) is 16.8. The third-order valence-electron chi connectivity index (χ3n) is 13.0. The van der Waals surface area contributed by atoms with Crippen LogP contribution in [0.2, 0.25) is 0 Å². The van der Waals surface area contributed by atoms with Crippen LogP contribution in [0.4, 0.5) is 17.1 Å². The molecule has 13 rings (SSSR count). The number of rotatable bonds is 7. The third kappa shape index (κ3) is 6.05. The van der Waals surface area contributed by atoms with Crippen LogP contribution in [0.15, 0.2) is 245 Å². The number of hydrogen-bond donors (Lipinski definition) is 0. The molecule has 0 aliphatic rings. The predicted octanol–water partition coefficient (Wildman–Crippen LogP) is 17.9. The van der Waals surface area contributed by atoms with Crippen LogP contribution in [0, 0.1) is 0 Å². The second kappa shape index (κ2) is 15.0. The van der Waals surface area contributed by atoms with Crippen LogP contribution < -0.4 is 4.90 Å². The van der Waals surface area contributed by atoms with Crippen LogP contribution in [-0.4, -0.2) is 0 Å². The summed E-state index contributed by atoms with van der Waals surface area (Å²) in [6.45, 7) is 0. The number of nitrogens with zero attached hydrogens (tertiary/aromatic N) is 1. The average Bonchev–Trinajstić information content (AvgIpc) is 3.98. The van der Waals surface area contributed by atoms with Crippen LogP contribution >= 0.6 is 0 Å². The molecule has 0 spiro atoms. The lowest BCUT2D eigenvalue weighted by Gasteiger charge is -2.26. The molecule has 304 valence electrons. The Morgan fingerprint density at radius 2 is 0.646 bits per heavy atom. The Morgan fingerprint density at radius 1 is 0.262 bits per heavy atom. The van der Waals surface area contributed by atoms with E-state index in [1.807, 2.05) is 0 Å². The molecule has 3 nitrogen and oxygen atoms in total. The van der Waals surface area contributed by atoms with Gasteiger partial charge in [-0.05, 0) is 97.4 Å². The number of benzene rings is 11. The molecule has 3 heteroatoms. The highest BCUT2D eigenvalue weighted by Gasteiger charge is 2.26. The summed E-state index contributed by atoms with van der Waals surface area (Å²) in [6, 6.07) is 84.3. The van der Waals surface area contributed by atoms with E-state index in [1.165, 1.54) is 21.9 Å². The first-order valence-electron chi connectivity index (χ1n) is 22.2. The molecule has 0 saturated heterocycles. The van der Waals surface area contributed by atoms with E-state index in [2.05, 4.69) is 241 Å². The fraction of sp³-hybridized carbons (Fsp3) is 0. The van der Waals surface area contributed by atoms with Gasteiger partial charge in [0.05, 0.1) is 11.4 Å². The molecule has 13 aromatic rings. The fourth-order valence-electron chi connectivity index (χ4n) is 10.0. The minimum Gasteiger partial charge on any atom is -0.453 e. The van der Waals surface area contributed by atoms with Crippen molar-refractivity contribution >= 4 is 82.5 Å². The Balaban J connectivity index is 1.08. The van der Waals surface area contributed by atoms with Gasteiger partial charge in [-0.3, -0.25) is 0 Å². The van der Waals surface area contributed by atoms with Gasteiger partial charge in [0.25, 0.3) is 0 Å². The lowest BCUT2D eigenvalue weighted by molar-refractivity contribution is 0.667. The summed E-state index contributed by atoms with van der Waals surface area (Å²) >= 11 is 0. The molecule has 0 aliphatic heterocycles. The molecule has 2 heterocycles. The maximum Gasteiger partial charge on any atom is 0.159 e. The topological polar surface area (TPSA) is 29.5 Å². The maximum atomic E-state index is 7.28. The summed E-state index contributed by atoms with van der Waals surface area (Å²) in [4.78, 5) is 2.33. The number of anilines is 3. The molecule has 0 radical (unpaired) electrons. The average molecular weight is 830 g/mol. The highest BCUT2D eigenvalue weighted by molar-refractivity contribution is 6.26. The molecule has 0 saturated carbocycles. The zero-order chi connectivity index (χ0) is 42.8. The van der Waals surface area contributed by atoms with Crippen molar-refractivity contribution in [3.63, 3.8) is 0 Å². The molecule has 2 aromatic heterocycles. The molecule has 65 heavy (non-hydrogen) atoms. The zero-order valence-electron chi connectivity index (χ0n) is 35.3. The Bertz CT molecular complexity index is 3730. The summed E-state index contributed by atoms with van der Waals surface area (Å²) in [5.74, 6) is 0. The summed E-state index contributed by atoms with van der Waals surface area (Å²) in [5.41, 5.74) is 15.2. The molecule has 0 aliphatic carbocycles. The zero-order valence-corrected chi connectivity index (χ0v) is 35.3. The lowest BCUT2D eigenvalue weighted by Crippen LogP contribution is -2.10. The number of fused-ring (bicyclic) bond motifs is 10. The van der Waals surface area contributed by atoms with E-state index in [0.29, 0.717) is 0 Å². The van der Waals surface area contributed by atoms with Gasteiger partial charge in [-0.2, -0.15) is 0 Å². The fourth-order valence-corrected chi connectivity index (χ4v) is 10.0. The van der Waals surface area contributed by atoms with Crippen LogP contribution in [0.3, 0.4) is 0 Å². The van der Waals surface area contributed by atoms with Crippen molar-refractivity contribution in [3.8, 4) is 44.5 Å². The molecular weight excluding hydrogens is 791 g/mol. The van der Waals surface area contributed by atoms with Crippen LogP contribution in [-0.2, 0) is 0 Å². The van der Waals surface area contributed by atoms with Crippen LogP contribution in [0.1, 0.15) is 0 Å². The minimum atomic E-state index is 0.805. The molecule has 11 aromatic carbocycles. The van der Waals surface area contributed by atoms with Crippen molar-refractivity contribution in [2.24, 2.45) is 0 Å². The first-order chi connectivity index (χ1) is 32.2. The molecule has 0 bridgehead atoms. The highest BCUT2D eigenvalue weighted by atomic mass is 16.3. The summed E-state index contributed by atoms with van der Waals surface area (Å²) < 4.78 is 14.6. The SMILES string of the molecule is c1ccc(-c2cccc(-c3ccc(N(c4cccc5c4oc4c(-c6ccccc6)cc6ccccc6c45)c4cccc5c4oc4c(-c6ccccc6)cc6ccccc6c45)cc3)c2)cc1. The number of para-hydroxylation sites is 2. The predicted molar refractivity (Wildman–Crippen MR) is 272 cm³/mol. The summed E-state index contributed by atoms with van der Waals surface area (Å²) in [5, 5.41) is 8.98. The molecule has 0 amide bonds. The van der Waals surface area contributed by atoms with Crippen LogP contribution in [0.25, 0.3) is 110 Å². The Hall–Kier alpha value is -8.66. The van der Waals surface area contributed by atoms with Crippen molar-refractivity contribution in [1.29, 1.82) is 0 Å². The van der Waals surface area contributed by atoms with Gasteiger partial charge in [-0.1, -0.05) is 194 Å². The van der Waals surface area contributed by atoms with Gasteiger partial charge in [0, 0.05) is 38.4 Å². The van der Waals surface area contributed by atoms with E-state index in [9.17, 15) is 0 Å². The second-order valence-corrected chi connectivity index (χ2v) is 16.8. The monoisotopic (exact) mass is 829 g/mol. The van der Waals surface area contributed by atoms with E-state index in [4.69, 9.17) is 8.83 Å². The maximum absolute atomic E-state index is 7.28. The smallest absolute Gasteiger partial charge is 0.159 e. The van der Waals surface area contributed by atoms with Gasteiger partial charge in [0.1, 0.15) is 11.2 Å². The molecule has 0 unspecified atom stereocenters. The largest absolute Gasteiger partial charge is 0.453 e. The van der Waals surface area contributed by atoms with Gasteiger partial charge in [-0.25, -0.2) is 0 Å². The Labute approximate surface area is 375 Å². The first-order valence-corrected chi connectivity index (χ1v) is 22.2. The third-order valence-corrected chi connectivity index (χ3v) is 13.0. The summed E-state index contributed by atoms with van der Waals surface area (Å²) in [6.07, 6.45) is 0. The molecule has 0 N–H and O–H groups in total. The molecule has 0 atom stereocenters. The van der Waals surface area contributed by atoms with Gasteiger partial charge in [0.15, 0.2) is 11.2 Å². The van der Waals surface area contributed by atoms with Crippen molar-refractivity contribution in [2.75, 3.05) is 4.90 Å². The van der Waals surface area contributed by atoms with E-state index in [0.717, 1.165) is 105 Å². The Kier molecular flexibility index (Phi) is 8.53. The Morgan fingerprint density at radius 3 is 1.14 bits per heavy atom. The normalized spacial score (nSPS) is 11.7. The van der Waals surface area contributed by atoms with E-state index < -0.39 is 0 Å². The first kappa shape index (κ1) is 36.9. The quantitative estimate of drug-likeness (QED) is 0.160. The molecular formula is C62H39NO2. The van der Waals surface area contributed by atoms with Gasteiger partial charge < -0.3 is 13.7 Å². The van der Waals surface area contributed by atoms with Gasteiger partial charge in [-0.15, -0.1) is 0 Å². The lowest BCUT2D eigenvalue weighted by atomic mass is 9.96. The minimum absolute atomic E-state index is 0.805. The standard InChI is InChI=1S/C62H39NO2/c1-4-17-40(18-5-1)44-25-14-26-45(37-44)41-33-35-48(36-34-41)63(55-31-15-29-51-57-49-27-12-10-23-46(49)38-53(61(57)64-59(51)55)42-19-6-2-7-20-42)56-32-16-30-52-58-50-28-13-11-24-47(50)39-54(62(58)65-60(52)56)43-21-8-3-9-22-43/h1-39H. The van der Waals surface area contributed by atoms with E-state index in [-0.39, 0.29) is 0 Å². The van der Waals surface area contributed by atoms with Crippen molar-refractivity contribution < 1.29 is 8.83 Å². The van der Waals surface area contributed by atoms with Gasteiger partial charge >= 0.3 is 0 Å². The van der Waals surface area contributed by atoms with E-state index in [1.54, 1.807) is 0 Å². The van der Waals surface area contributed by atoms with Crippen LogP contribution in [0.5, 0.6) is 0 Å².